The lowest BCUT2D eigenvalue weighted by atomic mass is 9.81. The average molecular weight is 284 g/mol. The summed E-state index contributed by atoms with van der Waals surface area (Å²) in [7, 11) is 0. The number of benzene rings is 1. The molecule has 0 saturated heterocycles. The van der Waals surface area contributed by atoms with Gasteiger partial charge >= 0.3 is 0 Å². The molecule has 3 rings (SSSR count). The molecule has 1 heterocycles. The Morgan fingerprint density at radius 3 is 2.81 bits per heavy atom. The zero-order chi connectivity index (χ0) is 14.8. The van der Waals surface area contributed by atoms with Crippen molar-refractivity contribution in [2.75, 3.05) is 18.0 Å². The number of hydrogen-bond acceptors (Lipinski definition) is 3. The van der Waals surface area contributed by atoms with Gasteiger partial charge in [0, 0.05) is 19.0 Å². The fourth-order valence-corrected chi connectivity index (χ4v) is 3.44. The number of aryl methyl sites for hydroxylation is 2. The van der Waals surface area contributed by atoms with E-state index in [4.69, 9.17) is 4.52 Å². The van der Waals surface area contributed by atoms with E-state index < -0.39 is 0 Å². The van der Waals surface area contributed by atoms with Gasteiger partial charge in [0.05, 0.1) is 0 Å². The molecule has 21 heavy (non-hydrogen) atoms. The van der Waals surface area contributed by atoms with E-state index in [9.17, 15) is 0 Å². The normalized spacial score (nSPS) is 17.6. The molecule has 1 aliphatic rings. The summed E-state index contributed by atoms with van der Waals surface area (Å²) < 4.78 is 5.30. The van der Waals surface area contributed by atoms with Crippen LogP contribution in [0.15, 0.2) is 29.0 Å². The van der Waals surface area contributed by atoms with Gasteiger partial charge in [-0.15, -0.1) is 0 Å². The smallest absolute Gasteiger partial charge is 0.147 e. The standard InChI is InChI=1S/C18H24N2O/c1-4-20(5-2)17-12-21-19-18(17)15-9-8-14-7-6-13(3)10-16(14)11-15/h6-7,10,12,15H,4-5,8-9,11H2,1-3H3. The van der Waals surface area contributed by atoms with Crippen LogP contribution in [0.25, 0.3) is 0 Å². The zero-order valence-corrected chi connectivity index (χ0v) is 13.2. The van der Waals surface area contributed by atoms with Crippen molar-refractivity contribution in [2.24, 2.45) is 0 Å². The first-order chi connectivity index (χ1) is 10.2. The Morgan fingerprint density at radius 1 is 1.24 bits per heavy atom. The number of rotatable bonds is 4. The average Bonchev–Trinajstić information content (AvgIpc) is 2.97. The molecule has 0 amide bonds. The molecule has 0 bridgehead atoms. The van der Waals surface area contributed by atoms with Crippen molar-refractivity contribution in [3.63, 3.8) is 0 Å². The number of anilines is 1. The number of fused-ring (bicyclic) bond motifs is 1. The molecule has 0 saturated carbocycles. The Hall–Kier alpha value is -1.77. The molecule has 1 unspecified atom stereocenters. The Morgan fingerprint density at radius 2 is 2.05 bits per heavy atom. The van der Waals surface area contributed by atoms with Crippen LogP contribution in [0.2, 0.25) is 0 Å². The SMILES string of the molecule is CCN(CC)c1conc1C1CCc2ccc(C)cc2C1. The molecule has 1 atom stereocenters. The predicted octanol–water partition coefficient (Wildman–Crippen LogP) is 4.10. The van der Waals surface area contributed by atoms with Crippen molar-refractivity contribution in [1.29, 1.82) is 0 Å². The summed E-state index contributed by atoms with van der Waals surface area (Å²) in [6, 6.07) is 6.84. The topological polar surface area (TPSA) is 29.3 Å². The highest BCUT2D eigenvalue weighted by Crippen LogP contribution is 2.36. The second-order valence-corrected chi connectivity index (χ2v) is 5.97. The third kappa shape index (κ3) is 2.69. The molecule has 2 aromatic rings. The molecule has 1 aromatic carbocycles. The summed E-state index contributed by atoms with van der Waals surface area (Å²) in [6.45, 7) is 8.52. The quantitative estimate of drug-likeness (QED) is 0.846. The monoisotopic (exact) mass is 284 g/mol. The molecule has 112 valence electrons. The van der Waals surface area contributed by atoms with Crippen molar-refractivity contribution in [3.8, 4) is 0 Å². The van der Waals surface area contributed by atoms with Gasteiger partial charge < -0.3 is 9.42 Å². The van der Waals surface area contributed by atoms with Gasteiger partial charge in [-0.05, 0) is 51.2 Å². The van der Waals surface area contributed by atoms with E-state index in [1.54, 1.807) is 0 Å². The molecular weight excluding hydrogens is 260 g/mol. The van der Waals surface area contributed by atoms with E-state index in [-0.39, 0.29) is 0 Å². The summed E-state index contributed by atoms with van der Waals surface area (Å²) in [6.07, 6.45) is 5.20. The number of hydrogen-bond donors (Lipinski definition) is 0. The third-order valence-electron chi connectivity index (χ3n) is 4.66. The lowest BCUT2D eigenvalue weighted by molar-refractivity contribution is 0.399. The van der Waals surface area contributed by atoms with E-state index in [2.05, 4.69) is 49.0 Å². The molecule has 0 fully saturated rings. The minimum atomic E-state index is 0.480. The summed E-state index contributed by atoms with van der Waals surface area (Å²) in [5.41, 5.74) is 6.66. The van der Waals surface area contributed by atoms with Crippen molar-refractivity contribution in [2.45, 2.75) is 46.0 Å². The van der Waals surface area contributed by atoms with Gasteiger partial charge in [-0.25, -0.2) is 0 Å². The summed E-state index contributed by atoms with van der Waals surface area (Å²) in [4.78, 5) is 2.33. The highest BCUT2D eigenvalue weighted by Gasteiger charge is 2.26. The molecule has 0 N–H and O–H groups in total. The van der Waals surface area contributed by atoms with Crippen LogP contribution in [0.3, 0.4) is 0 Å². The van der Waals surface area contributed by atoms with Gasteiger partial charge in [0.25, 0.3) is 0 Å². The zero-order valence-electron chi connectivity index (χ0n) is 13.2. The highest BCUT2D eigenvalue weighted by molar-refractivity contribution is 5.50. The first kappa shape index (κ1) is 14.2. The molecule has 0 aliphatic heterocycles. The maximum Gasteiger partial charge on any atom is 0.147 e. The van der Waals surface area contributed by atoms with Gasteiger partial charge in [-0.1, -0.05) is 28.9 Å². The summed E-state index contributed by atoms with van der Waals surface area (Å²) in [5, 5.41) is 4.34. The van der Waals surface area contributed by atoms with Crippen molar-refractivity contribution >= 4 is 5.69 Å². The van der Waals surface area contributed by atoms with Crippen LogP contribution in [0.1, 0.15) is 48.6 Å². The molecule has 3 nitrogen and oxygen atoms in total. The van der Waals surface area contributed by atoms with Crippen molar-refractivity contribution in [1.82, 2.24) is 5.16 Å². The summed E-state index contributed by atoms with van der Waals surface area (Å²) in [5.74, 6) is 0.480. The van der Waals surface area contributed by atoms with Gasteiger partial charge in [-0.2, -0.15) is 0 Å². The van der Waals surface area contributed by atoms with Crippen LogP contribution < -0.4 is 4.90 Å². The first-order valence-corrected chi connectivity index (χ1v) is 8.00. The van der Waals surface area contributed by atoms with E-state index in [1.807, 2.05) is 6.26 Å². The summed E-state index contributed by atoms with van der Waals surface area (Å²) >= 11 is 0. The van der Waals surface area contributed by atoms with Gasteiger partial charge in [-0.3, -0.25) is 0 Å². The van der Waals surface area contributed by atoms with Crippen LogP contribution in [0.5, 0.6) is 0 Å². The molecule has 0 radical (unpaired) electrons. The van der Waals surface area contributed by atoms with Crippen LogP contribution in [-0.2, 0) is 12.8 Å². The van der Waals surface area contributed by atoms with Crippen molar-refractivity contribution < 1.29 is 4.52 Å². The van der Waals surface area contributed by atoms with Crippen LogP contribution >= 0.6 is 0 Å². The number of nitrogens with zero attached hydrogens (tertiary/aromatic N) is 2. The third-order valence-corrected chi connectivity index (χ3v) is 4.66. The highest BCUT2D eigenvalue weighted by atomic mass is 16.5. The van der Waals surface area contributed by atoms with E-state index in [1.165, 1.54) is 22.4 Å². The molecule has 3 heteroatoms. The predicted molar refractivity (Wildman–Crippen MR) is 86.0 cm³/mol. The maximum absolute atomic E-state index is 5.30. The lowest BCUT2D eigenvalue weighted by Gasteiger charge is -2.27. The van der Waals surface area contributed by atoms with E-state index in [0.29, 0.717) is 5.92 Å². The Bertz CT molecular complexity index is 613. The second-order valence-electron chi connectivity index (χ2n) is 5.97. The van der Waals surface area contributed by atoms with E-state index in [0.717, 1.165) is 38.0 Å². The Balaban J connectivity index is 1.88. The maximum atomic E-state index is 5.30. The fourth-order valence-electron chi connectivity index (χ4n) is 3.44. The Kier molecular flexibility index (Phi) is 4.00. The Labute approximate surface area is 126 Å². The largest absolute Gasteiger partial charge is 0.368 e. The fraction of sp³-hybridized carbons (Fsp3) is 0.500. The molecular formula is C18H24N2O. The van der Waals surface area contributed by atoms with Gasteiger partial charge in [0.15, 0.2) is 0 Å². The molecule has 0 spiro atoms. The van der Waals surface area contributed by atoms with Crippen LogP contribution in [0.4, 0.5) is 5.69 Å². The minimum Gasteiger partial charge on any atom is -0.368 e. The van der Waals surface area contributed by atoms with E-state index >= 15 is 0 Å². The second kappa shape index (κ2) is 5.92. The van der Waals surface area contributed by atoms with Gasteiger partial charge in [0.2, 0.25) is 0 Å². The first-order valence-electron chi connectivity index (χ1n) is 8.00. The van der Waals surface area contributed by atoms with Crippen LogP contribution in [-0.4, -0.2) is 18.2 Å². The minimum absolute atomic E-state index is 0.480. The molecule has 1 aliphatic carbocycles. The van der Waals surface area contributed by atoms with Gasteiger partial charge in [0.1, 0.15) is 17.6 Å². The van der Waals surface area contributed by atoms with Crippen molar-refractivity contribution in [3.05, 3.63) is 46.8 Å². The molecule has 1 aromatic heterocycles. The number of aromatic nitrogens is 1. The lowest BCUT2D eigenvalue weighted by Crippen LogP contribution is -2.24. The van der Waals surface area contributed by atoms with Crippen LogP contribution in [0, 0.1) is 6.92 Å².